The fourth-order valence-corrected chi connectivity index (χ4v) is 3.89. The molecule has 4 rings (SSSR count). The number of piperazine rings is 1. The summed E-state index contributed by atoms with van der Waals surface area (Å²) in [6, 6.07) is 14.0. The van der Waals surface area contributed by atoms with E-state index in [9.17, 15) is 14.0 Å². The largest absolute Gasteiger partial charge is 0.368 e. The number of anilines is 2. The summed E-state index contributed by atoms with van der Waals surface area (Å²) in [4.78, 5) is 32.7. The molecule has 7 heteroatoms. The third-order valence-electron chi connectivity index (χ3n) is 5.56. The number of nitrogens with zero attached hydrogens (tertiary/aromatic N) is 4. The summed E-state index contributed by atoms with van der Waals surface area (Å²) in [5.74, 6) is -0.361. The Bertz CT molecular complexity index is 894. The summed E-state index contributed by atoms with van der Waals surface area (Å²) in [5, 5.41) is 0. The van der Waals surface area contributed by atoms with Crippen molar-refractivity contribution in [1.29, 1.82) is 0 Å². The highest BCUT2D eigenvalue weighted by molar-refractivity contribution is 5.96. The maximum atomic E-state index is 13.1. The second kappa shape index (κ2) is 8.11. The van der Waals surface area contributed by atoms with Gasteiger partial charge in [0.05, 0.1) is 0 Å². The summed E-state index contributed by atoms with van der Waals surface area (Å²) < 4.78 is 13.1. The van der Waals surface area contributed by atoms with Crippen LogP contribution in [0, 0.1) is 12.7 Å². The number of halogens is 1. The highest BCUT2D eigenvalue weighted by atomic mass is 19.1. The van der Waals surface area contributed by atoms with Crippen LogP contribution in [0.4, 0.5) is 20.6 Å². The quantitative estimate of drug-likeness (QED) is 0.799. The number of rotatable bonds is 4. The number of hydrogen-bond donors (Lipinski definition) is 0. The smallest absolute Gasteiger partial charge is 0.325 e. The lowest BCUT2D eigenvalue weighted by atomic mass is 10.2. The molecule has 0 N–H and O–H groups in total. The van der Waals surface area contributed by atoms with E-state index in [1.165, 1.54) is 23.4 Å². The van der Waals surface area contributed by atoms with Gasteiger partial charge in [-0.2, -0.15) is 0 Å². The fourth-order valence-electron chi connectivity index (χ4n) is 3.89. The van der Waals surface area contributed by atoms with Gasteiger partial charge in [-0.3, -0.25) is 9.69 Å². The summed E-state index contributed by atoms with van der Waals surface area (Å²) in [6.07, 6.45) is 0. The molecule has 6 nitrogen and oxygen atoms in total. The predicted molar refractivity (Wildman–Crippen MR) is 111 cm³/mol. The lowest BCUT2D eigenvalue weighted by Gasteiger charge is -2.36. The predicted octanol–water partition coefficient (Wildman–Crippen LogP) is 2.72. The standard InChI is InChI=1S/C22H25FN4O2/c1-17-3-2-4-20(15-17)24-9-11-25(12-10-24)21(28)16-26-13-14-27(22(26)29)19-7-5-18(23)6-8-19/h2-8,15H,9-14,16H2,1H3. The molecule has 152 valence electrons. The van der Waals surface area contributed by atoms with Crippen molar-refractivity contribution in [2.45, 2.75) is 6.92 Å². The molecule has 3 amide bonds. The highest BCUT2D eigenvalue weighted by Crippen LogP contribution is 2.21. The summed E-state index contributed by atoms with van der Waals surface area (Å²) in [6.45, 7) is 6.01. The van der Waals surface area contributed by atoms with Gasteiger partial charge in [0.2, 0.25) is 5.91 Å². The van der Waals surface area contributed by atoms with Gasteiger partial charge in [0, 0.05) is 50.6 Å². The molecule has 2 aromatic rings. The lowest BCUT2D eigenvalue weighted by Crippen LogP contribution is -2.51. The molecule has 2 aliphatic rings. The minimum atomic E-state index is -0.336. The Hall–Kier alpha value is -3.09. The summed E-state index contributed by atoms with van der Waals surface area (Å²) >= 11 is 0. The van der Waals surface area contributed by atoms with Gasteiger partial charge in [0.1, 0.15) is 12.4 Å². The van der Waals surface area contributed by atoms with E-state index in [4.69, 9.17) is 0 Å². The average Bonchev–Trinajstić information content (AvgIpc) is 3.09. The average molecular weight is 396 g/mol. The van der Waals surface area contributed by atoms with Crippen molar-refractivity contribution in [3.05, 3.63) is 59.9 Å². The van der Waals surface area contributed by atoms with E-state index in [0.717, 1.165) is 13.1 Å². The molecule has 0 spiro atoms. The molecule has 0 aromatic heterocycles. The van der Waals surface area contributed by atoms with Crippen LogP contribution in [0.1, 0.15) is 5.56 Å². The Morgan fingerprint density at radius 3 is 2.34 bits per heavy atom. The van der Waals surface area contributed by atoms with Crippen molar-refractivity contribution < 1.29 is 14.0 Å². The minimum absolute atomic E-state index is 0.0248. The molecule has 0 bridgehead atoms. The highest BCUT2D eigenvalue weighted by Gasteiger charge is 2.32. The zero-order valence-electron chi connectivity index (χ0n) is 16.6. The van der Waals surface area contributed by atoms with Gasteiger partial charge >= 0.3 is 6.03 Å². The Labute approximate surface area is 170 Å². The zero-order chi connectivity index (χ0) is 20.4. The van der Waals surface area contributed by atoms with Crippen molar-refractivity contribution >= 4 is 23.3 Å². The molecule has 29 heavy (non-hydrogen) atoms. The molecule has 2 fully saturated rings. The Morgan fingerprint density at radius 1 is 0.931 bits per heavy atom. The van der Waals surface area contributed by atoms with Gasteiger partial charge < -0.3 is 14.7 Å². The molecule has 0 unspecified atom stereocenters. The summed E-state index contributed by atoms with van der Waals surface area (Å²) in [5.41, 5.74) is 3.05. The monoisotopic (exact) mass is 396 g/mol. The first-order valence-electron chi connectivity index (χ1n) is 9.93. The van der Waals surface area contributed by atoms with Crippen molar-refractivity contribution in [2.75, 3.05) is 55.6 Å². The molecule has 0 aliphatic carbocycles. The molecule has 2 heterocycles. The lowest BCUT2D eigenvalue weighted by molar-refractivity contribution is -0.131. The molecular weight excluding hydrogens is 371 g/mol. The van der Waals surface area contributed by atoms with Crippen LogP contribution in [-0.4, -0.2) is 67.6 Å². The van der Waals surface area contributed by atoms with E-state index >= 15 is 0 Å². The Morgan fingerprint density at radius 2 is 1.66 bits per heavy atom. The molecular formula is C22H25FN4O2. The first-order chi connectivity index (χ1) is 14.0. The third-order valence-corrected chi connectivity index (χ3v) is 5.56. The maximum absolute atomic E-state index is 13.1. The fraction of sp³-hybridized carbons (Fsp3) is 0.364. The molecule has 0 saturated carbocycles. The molecule has 2 aromatic carbocycles. The van der Waals surface area contributed by atoms with Gasteiger partial charge in [-0.15, -0.1) is 0 Å². The van der Waals surface area contributed by atoms with Crippen LogP contribution in [0.2, 0.25) is 0 Å². The van der Waals surface area contributed by atoms with Crippen LogP contribution < -0.4 is 9.80 Å². The van der Waals surface area contributed by atoms with Crippen molar-refractivity contribution in [3.8, 4) is 0 Å². The van der Waals surface area contributed by atoms with Gasteiger partial charge in [-0.1, -0.05) is 12.1 Å². The van der Waals surface area contributed by atoms with Gasteiger partial charge in [0.25, 0.3) is 0 Å². The van der Waals surface area contributed by atoms with E-state index in [1.807, 2.05) is 11.0 Å². The Balaban J connectivity index is 1.31. The van der Waals surface area contributed by atoms with Crippen LogP contribution in [0.25, 0.3) is 0 Å². The van der Waals surface area contributed by atoms with Crippen molar-refractivity contribution in [3.63, 3.8) is 0 Å². The van der Waals surface area contributed by atoms with E-state index in [2.05, 4.69) is 30.0 Å². The number of aryl methyl sites for hydroxylation is 1. The van der Waals surface area contributed by atoms with Crippen molar-refractivity contribution in [1.82, 2.24) is 9.80 Å². The van der Waals surface area contributed by atoms with Gasteiger partial charge in [-0.25, -0.2) is 9.18 Å². The molecule has 0 atom stereocenters. The van der Waals surface area contributed by atoms with Crippen LogP contribution in [0.3, 0.4) is 0 Å². The number of benzene rings is 2. The van der Waals surface area contributed by atoms with Crippen LogP contribution in [0.15, 0.2) is 48.5 Å². The number of carbonyl (C=O) groups excluding carboxylic acids is 2. The van der Waals surface area contributed by atoms with Gasteiger partial charge in [0.15, 0.2) is 0 Å². The van der Waals surface area contributed by atoms with E-state index in [1.54, 1.807) is 21.9 Å². The number of carbonyl (C=O) groups is 2. The maximum Gasteiger partial charge on any atom is 0.325 e. The third kappa shape index (κ3) is 4.18. The topological polar surface area (TPSA) is 47.1 Å². The number of urea groups is 1. The van der Waals surface area contributed by atoms with Crippen LogP contribution in [-0.2, 0) is 4.79 Å². The van der Waals surface area contributed by atoms with Crippen LogP contribution in [0.5, 0.6) is 0 Å². The second-order valence-electron chi connectivity index (χ2n) is 7.54. The molecule has 2 saturated heterocycles. The van der Waals surface area contributed by atoms with Crippen LogP contribution >= 0.6 is 0 Å². The first-order valence-corrected chi connectivity index (χ1v) is 9.93. The SMILES string of the molecule is Cc1cccc(N2CCN(C(=O)CN3CCN(c4ccc(F)cc4)C3=O)CC2)c1. The minimum Gasteiger partial charge on any atom is -0.368 e. The number of amides is 3. The Kier molecular flexibility index (Phi) is 5.38. The molecule has 2 aliphatic heterocycles. The number of hydrogen-bond acceptors (Lipinski definition) is 3. The van der Waals surface area contributed by atoms with Crippen molar-refractivity contribution in [2.24, 2.45) is 0 Å². The first kappa shape index (κ1) is 19.2. The normalized spacial score (nSPS) is 17.2. The molecule has 0 radical (unpaired) electrons. The summed E-state index contributed by atoms with van der Waals surface area (Å²) in [7, 11) is 0. The van der Waals surface area contributed by atoms with E-state index in [0.29, 0.717) is 31.9 Å². The second-order valence-corrected chi connectivity index (χ2v) is 7.54. The van der Waals surface area contributed by atoms with Gasteiger partial charge in [-0.05, 0) is 48.9 Å². The zero-order valence-corrected chi connectivity index (χ0v) is 16.6. The van der Waals surface area contributed by atoms with E-state index in [-0.39, 0.29) is 24.3 Å². The van der Waals surface area contributed by atoms with E-state index < -0.39 is 0 Å².